The quantitative estimate of drug-likeness (QED) is 0.183. The Morgan fingerprint density at radius 1 is 0.957 bits per heavy atom. The van der Waals surface area contributed by atoms with Crippen LogP contribution in [0.15, 0.2) is 77.2 Å². The van der Waals surface area contributed by atoms with E-state index in [4.69, 9.17) is 9.40 Å². The molecule has 0 saturated heterocycles. The molecule has 1 fully saturated rings. The van der Waals surface area contributed by atoms with E-state index in [0.717, 1.165) is 34.7 Å². The van der Waals surface area contributed by atoms with Gasteiger partial charge in [0, 0.05) is 37.7 Å². The van der Waals surface area contributed by atoms with Crippen LogP contribution in [0.1, 0.15) is 58.1 Å². The Labute approximate surface area is 277 Å². The van der Waals surface area contributed by atoms with E-state index >= 15 is 0 Å². The fourth-order valence-corrected chi connectivity index (χ4v) is 6.57. The van der Waals surface area contributed by atoms with Crippen molar-refractivity contribution in [1.29, 1.82) is 0 Å². The molecule has 2 unspecified atom stereocenters. The number of amides is 1. The Morgan fingerprint density at radius 3 is 2.06 bits per heavy atom. The lowest BCUT2D eigenvalue weighted by molar-refractivity contribution is 0.00810. The fourth-order valence-electron chi connectivity index (χ4n) is 6.14. The molecule has 1 amide bonds. The minimum Gasteiger partial charge on any atom is -0.465 e. The van der Waals surface area contributed by atoms with Crippen LogP contribution in [0.2, 0.25) is 0 Å². The van der Waals surface area contributed by atoms with E-state index in [9.17, 15) is 18.3 Å². The van der Waals surface area contributed by atoms with Gasteiger partial charge in [0.15, 0.2) is 0 Å². The first-order chi connectivity index (χ1) is 22.1. The van der Waals surface area contributed by atoms with Crippen LogP contribution in [-0.4, -0.2) is 65.1 Å². The van der Waals surface area contributed by atoms with Crippen LogP contribution in [-0.2, 0) is 28.5 Å². The third-order valence-electron chi connectivity index (χ3n) is 8.77. The molecule has 12 heteroatoms. The van der Waals surface area contributed by atoms with E-state index in [2.05, 4.69) is 34.2 Å². The number of carboxylic acid groups (broad SMARTS) is 1. The maximum atomic E-state index is 12.8. The molecule has 3 atom stereocenters. The molecule has 1 saturated carbocycles. The lowest BCUT2D eigenvalue weighted by Crippen LogP contribution is -2.57. The second-order valence-corrected chi connectivity index (χ2v) is 15.8. The molecule has 5 rings (SSSR count). The van der Waals surface area contributed by atoms with Crippen molar-refractivity contribution >= 4 is 27.8 Å². The number of hydrogen-bond acceptors (Lipinski definition) is 8. The summed E-state index contributed by atoms with van der Waals surface area (Å²) in [5.41, 5.74) is 0.427. The van der Waals surface area contributed by atoms with E-state index < -0.39 is 27.2 Å². The molecule has 0 spiro atoms. The van der Waals surface area contributed by atoms with Gasteiger partial charge in [-0.15, -0.1) is 10.2 Å². The predicted octanol–water partition coefficient (Wildman–Crippen LogP) is 6.43. The van der Waals surface area contributed by atoms with Gasteiger partial charge in [-0.05, 0) is 69.2 Å². The van der Waals surface area contributed by atoms with Gasteiger partial charge in [-0.3, -0.25) is 9.21 Å². The number of rotatable bonds is 12. The summed E-state index contributed by atoms with van der Waals surface area (Å²) in [7, 11) is -2.19. The van der Waals surface area contributed by atoms with Crippen molar-refractivity contribution in [1.82, 2.24) is 20.1 Å². The first kappa shape index (κ1) is 33.9. The van der Waals surface area contributed by atoms with E-state index in [1.54, 1.807) is 13.0 Å². The van der Waals surface area contributed by atoms with Gasteiger partial charge >= 0.3 is 6.09 Å². The molecule has 2 aromatic heterocycles. The summed E-state index contributed by atoms with van der Waals surface area (Å²) >= 11 is 0. The van der Waals surface area contributed by atoms with Gasteiger partial charge in [0.1, 0.15) is 17.2 Å². The molecular formula is C35H44N6O5S. The Balaban J connectivity index is 1.63. The number of carbonyl (C=O) groups is 1. The number of aromatic nitrogens is 3. The molecule has 0 bridgehead atoms. The molecule has 2 heterocycles. The van der Waals surface area contributed by atoms with Crippen LogP contribution in [0.4, 0.5) is 16.4 Å². The van der Waals surface area contributed by atoms with Crippen LogP contribution >= 0.6 is 0 Å². The molecule has 1 aliphatic rings. The van der Waals surface area contributed by atoms with Gasteiger partial charge < -0.3 is 14.4 Å². The average Bonchev–Trinajstić information content (AvgIpc) is 3.45. The van der Waals surface area contributed by atoms with Crippen LogP contribution in [0, 0.1) is 11.8 Å². The lowest BCUT2D eigenvalue weighted by atomic mass is 9.87. The largest absolute Gasteiger partial charge is 0.465 e. The van der Waals surface area contributed by atoms with Crippen molar-refractivity contribution in [3.8, 4) is 11.5 Å². The number of hydrogen-bond donors (Lipinski definition) is 1. The highest BCUT2D eigenvalue weighted by molar-refractivity contribution is 7.92. The highest BCUT2D eigenvalue weighted by atomic mass is 32.2. The summed E-state index contributed by atoms with van der Waals surface area (Å²) in [5.74, 6) is 2.12. The molecule has 250 valence electrons. The molecule has 1 N–H and O–H groups in total. The Morgan fingerprint density at radius 2 is 1.53 bits per heavy atom. The third kappa shape index (κ3) is 7.75. The summed E-state index contributed by atoms with van der Waals surface area (Å²) < 4.78 is 32.9. The van der Waals surface area contributed by atoms with Crippen LogP contribution in [0.5, 0.6) is 0 Å². The van der Waals surface area contributed by atoms with Gasteiger partial charge in [0.2, 0.25) is 21.8 Å². The number of anilines is 2. The third-order valence-corrected chi connectivity index (χ3v) is 9.95. The highest BCUT2D eigenvalue weighted by Crippen LogP contribution is 2.41. The summed E-state index contributed by atoms with van der Waals surface area (Å²) in [6.07, 6.45) is 1.40. The fraction of sp³-hybridized carbons (Fsp3) is 0.429. The summed E-state index contributed by atoms with van der Waals surface area (Å²) in [4.78, 5) is 21.1. The van der Waals surface area contributed by atoms with Crippen molar-refractivity contribution in [2.24, 2.45) is 11.8 Å². The number of benzene rings is 2. The second kappa shape index (κ2) is 13.0. The van der Waals surface area contributed by atoms with Crippen LogP contribution < -0.4 is 9.21 Å². The van der Waals surface area contributed by atoms with Gasteiger partial charge in [0.05, 0.1) is 6.26 Å². The second-order valence-electron chi connectivity index (χ2n) is 13.8. The normalized spacial score (nSPS) is 17.5. The van der Waals surface area contributed by atoms with Crippen molar-refractivity contribution in [2.75, 3.05) is 29.1 Å². The van der Waals surface area contributed by atoms with E-state index in [1.165, 1.54) is 11.9 Å². The maximum Gasteiger partial charge on any atom is 0.408 e. The van der Waals surface area contributed by atoms with Crippen LogP contribution in [0.25, 0.3) is 11.5 Å². The Kier molecular flexibility index (Phi) is 9.36. The van der Waals surface area contributed by atoms with Crippen molar-refractivity contribution in [3.63, 3.8) is 0 Å². The zero-order valence-electron chi connectivity index (χ0n) is 28.1. The zero-order valence-corrected chi connectivity index (χ0v) is 28.9. The van der Waals surface area contributed by atoms with Crippen LogP contribution in [0.3, 0.4) is 0 Å². The molecule has 47 heavy (non-hydrogen) atoms. The molecule has 11 nitrogen and oxygen atoms in total. The Hall–Kier alpha value is -4.45. The SMILES string of the molecule is CC1CC1CN(Cc1ccccc1)c1cc(-c2nnc([C@@](C)(Cc3ccccc3)N(C(=O)O)C(C)(C)C)o2)cc(N(C)S(C)(=O)=O)n1. The number of pyridine rings is 1. The van der Waals surface area contributed by atoms with Gasteiger partial charge in [-0.2, -0.15) is 0 Å². The summed E-state index contributed by atoms with van der Waals surface area (Å²) in [5, 5.41) is 19.3. The summed E-state index contributed by atoms with van der Waals surface area (Å²) in [6, 6.07) is 23.1. The molecule has 1 aliphatic carbocycles. The van der Waals surface area contributed by atoms with E-state index in [0.29, 0.717) is 29.8 Å². The number of sulfonamides is 1. The molecule has 4 aromatic rings. The van der Waals surface area contributed by atoms with Gasteiger partial charge in [-0.1, -0.05) is 67.6 Å². The highest BCUT2D eigenvalue weighted by Gasteiger charge is 2.47. The predicted molar refractivity (Wildman–Crippen MR) is 183 cm³/mol. The molecule has 0 radical (unpaired) electrons. The van der Waals surface area contributed by atoms with E-state index in [-0.39, 0.29) is 24.0 Å². The zero-order chi connectivity index (χ0) is 34.1. The molecular weight excluding hydrogens is 616 g/mol. The summed E-state index contributed by atoms with van der Waals surface area (Å²) in [6.45, 7) is 10.8. The minimum atomic E-state index is -3.65. The first-order valence-corrected chi connectivity index (χ1v) is 17.6. The molecule has 0 aliphatic heterocycles. The van der Waals surface area contributed by atoms with Gasteiger partial charge in [-0.25, -0.2) is 18.2 Å². The maximum absolute atomic E-state index is 12.8. The number of nitrogens with zero attached hydrogens (tertiary/aromatic N) is 6. The smallest absolute Gasteiger partial charge is 0.408 e. The lowest BCUT2D eigenvalue weighted by Gasteiger charge is -2.45. The van der Waals surface area contributed by atoms with E-state index in [1.807, 2.05) is 75.4 Å². The first-order valence-electron chi connectivity index (χ1n) is 15.7. The minimum absolute atomic E-state index is 0.123. The van der Waals surface area contributed by atoms with Gasteiger partial charge in [0.25, 0.3) is 0 Å². The standard InChI is InChI=1S/C35H44N6O5S/c1-24-18-28(24)23-40(22-26-16-12-9-13-17-26)30-20-27(19-29(36-30)39(6)47(7,44)45)31-37-38-32(46-31)35(5,21-25-14-10-8-11-15-25)41(33(42)43)34(2,3)4/h8-17,19-20,24,28H,18,21-23H2,1-7H3,(H,42,43)/t24?,28?,35-/m1/s1. The van der Waals surface area contributed by atoms with Crippen molar-refractivity contribution in [2.45, 2.75) is 65.1 Å². The topological polar surface area (TPSA) is 133 Å². The average molecular weight is 661 g/mol. The Bertz CT molecular complexity index is 1810. The van der Waals surface area contributed by atoms with Crippen molar-refractivity contribution < 1.29 is 22.7 Å². The monoisotopic (exact) mass is 660 g/mol. The molecule has 2 aromatic carbocycles. The van der Waals surface area contributed by atoms with Crippen molar-refractivity contribution in [3.05, 3.63) is 89.8 Å².